The number of para-hydroxylation sites is 1. The molecule has 3 N–H and O–H groups in total. The van der Waals surface area contributed by atoms with E-state index >= 15 is 0 Å². The van der Waals surface area contributed by atoms with Crippen LogP contribution in [0.25, 0.3) is 0 Å². The lowest BCUT2D eigenvalue weighted by molar-refractivity contribution is 0.370. The van der Waals surface area contributed by atoms with Crippen molar-refractivity contribution in [1.82, 2.24) is 5.43 Å². The Morgan fingerprint density at radius 2 is 2.06 bits per heavy atom. The molecule has 1 aromatic rings. The smallest absolute Gasteiger partial charge is 0.123 e. The minimum atomic E-state index is 0.203. The van der Waals surface area contributed by atoms with Gasteiger partial charge in [-0.25, -0.2) is 0 Å². The molecule has 1 fully saturated rings. The second-order valence-corrected chi connectivity index (χ2v) is 4.85. The van der Waals surface area contributed by atoms with Gasteiger partial charge in [0.1, 0.15) is 5.75 Å². The quantitative estimate of drug-likeness (QED) is 0.608. The van der Waals surface area contributed by atoms with Crippen LogP contribution >= 0.6 is 0 Å². The highest BCUT2D eigenvalue weighted by molar-refractivity contribution is 5.35. The van der Waals surface area contributed by atoms with E-state index in [1.54, 1.807) is 7.11 Å². The third-order valence-electron chi connectivity index (χ3n) is 3.76. The van der Waals surface area contributed by atoms with E-state index in [2.05, 4.69) is 11.5 Å². The van der Waals surface area contributed by atoms with Crippen molar-refractivity contribution in [3.05, 3.63) is 29.8 Å². The molecule has 3 nitrogen and oxygen atoms in total. The Labute approximate surface area is 103 Å². The van der Waals surface area contributed by atoms with E-state index in [1.807, 2.05) is 18.2 Å². The molecular weight excluding hydrogens is 212 g/mol. The van der Waals surface area contributed by atoms with Crippen LogP contribution in [0.4, 0.5) is 0 Å². The van der Waals surface area contributed by atoms with Crippen LogP contribution in [0.15, 0.2) is 24.3 Å². The molecule has 0 bridgehead atoms. The molecule has 1 aromatic carbocycles. The second-order valence-electron chi connectivity index (χ2n) is 4.85. The van der Waals surface area contributed by atoms with E-state index in [0.29, 0.717) is 0 Å². The van der Waals surface area contributed by atoms with Gasteiger partial charge in [-0.3, -0.25) is 11.3 Å². The molecule has 1 unspecified atom stereocenters. The molecule has 3 heteroatoms. The molecule has 17 heavy (non-hydrogen) atoms. The van der Waals surface area contributed by atoms with Crippen molar-refractivity contribution in [3.63, 3.8) is 0 Å². The van der Waals surface area contributed by atoms with Crippen molar-refractivity contribution in [1.29, 1.82) is 0 Å². The van der Waals surface area contributed by atoms with Gasteiger partial charge in [-0.1, -0.05) is 43.9 Å². The Balaban J connectivity index is 2.10. The summed E-state index contributed by atoms with van der Waals surface area (Å²) in [7, 11) is 1.71. The number of methoxy groups -OCH3 is 1. The summed E-state index contributed by atoms with van der Waals surface area (Å²) in [6.07, 6.45) is 6.53. The summed E-state index contributed by atoms with van der Waals surface area (Å²) >= 11 is 0. The van der Waals surface area contributed by atoms with Gasteiger partial charge in [0.05, 0.1) is 7.11 Å². The Morgan fingerprint density at radius 3 is 2.71 bits per heavy atom. The van der Waals surface area contributed by atoms with Gasteiger partial charge in [-0.2, -0.15) is 0 Å². The summed E-state index contributed by atoms with van der Waals surface area (Å²) in [5.41, 5.74) is 4.11. The first-order chi connectivity index (χ1) is 8.35. The van der Waals surface area contributed by atoms with Crippen LogP contribution in [0, 0.1) is 5.92 Å². The van der Waals surface area contributed by atoms with Crippen molar-refractivity contribution < 1.29 is 4.74 Å². The van der Waals surface area contributed by atoms with Crippen molar-refractivity contribution in [2.24, 2.45) is 11.8 Å². The maximum absolute atomic E-state index is 5.70. The number of nitrogens with one attached hydrogen (secondary N) is 1. The SMILES string of the molecule is COc1ccccc1C(CC1CCCC1)NN. The van der Waals surface area contributed by atoms with Crippen molar-refractivity contribution in [3.8, 4) is 5.75 Å². The highest BCUT2D eigenvalue weighted by Crippen LogP contribution is 2.35. The first-order valence-corrected chi connectivity index (χ1v) is 6.44. The number of hydrogen-bond acceptors (Lipinski definition) is 3. The number of benzene rings is 1. The van der Waals surface area contributed by atoms with Gasteiger partial charge in [0.2, 0.25) is 0 Å². The third-order valence-corrected chi connectivity index (χ3v) is 3.76. The Hall–Kier alpha value is -1.06. The van der Waals surface area contributed by atoms with Gasteiger partial charge in [-0.05, 0) is 18.4 Å². The average molecular weight is 234 g/mol. The number of hydrogen-bond donors (Lipinski definition) is 2. The molecule has 0 heterocycles. The zero-order chi connectivity index (χ0) is 12.1. The van der Waals surface area contributed by atoms with Gasteiger partial charge < -0.3 is 4.74 Å². The number of hydrazine groups is 1. The highest BCUT2D eigenvalue weighted by Gasteiger charge is 2.22. The normalized spacial score (nSPS) is 18.2. The average Bonchev–Trinajstić information content (AvgIpc) is 2.89. The van der Waals surface area contributed by atoms with Gasteiger partial charge in [0.15, 0.2) is 0 Å². The molecular formula is C14H22N2O. The summed E-state index contributed by atoms with van der Waals surface area (Å²) in [5.74, 6) is 7.43. The maximum Gasteiger partial charge on any atom is 0.123 e. The maximum atomic E-state index is 5.70. The zero-order valence-electron chi connectivity index (χ0n) is 10.5. The number of rotatable bonds is 5. The summed E-state index contributed by atoms with van der Waals surface area (Å²) in [5, 5.41) is 0. The minimum Gasteiger partial charge on any atom is -0.496 e. The lowest BCUT2D eigenvalue weighted by Gasteiger charge is -2.22. The summed E-state index contributed by atoms with van der Waals surface area (Å²) in [6, 6.07) is 8.32. The lowest BCUT2D eigenvalue weighted by Crippen LogP contribution is -2.29. The monoisotopic (exact) mass is 234 g/mol. The molecule has 0 saturated heterocycles. The first kappa shape index (κ1) is 12.4. The molecule has 0 spiro atoms. The third kappa shape index (κ3) is 2.99. The predicted octanol–water partition coefficient (Wildman–Crippen LogP) is 2.78. The minimum absolute atomic E-state index is 0.203. The summed E-state index contributed by atoms with van der Waals surface area (Å²) < 4.78 is 5.40. The van der Waals surface area contributed by atoms with Gasteiger partial charge in [0.25, 0.3) is 0 Å². The largest absolute Gasteiger partial charge is 0.496 e. The molecule has 1 saturated carbocycles. The highest BCUT2D eigenvalue weighted by atomic mass is 16.5. The number of ether oxygens (including phenoxy) is 1. The van der Waals surface area contributed by atoms with Gasteiger partial charge >= 0.3 is 0 Å². The van der Waals surface area contributed by atoms with Crippen LogP contribution in [0.1, 0.15) is 43.7 Å². The topological polar surface area (TPSA) is 47.3 Å². The zero-order valence-corrected chi connectivity index (χ0v) is 10.5. The molecule has 0 radical (unpaired) electrons. The summed E-state index contributed by atoms with van der Waals surface area (Å²) in [4.78, 5) is 0. The van der Waals surface area contributed by atoms with E-state index in [9.17, 15) is 0 Å². The van der Waals surface area contributed by atoms with E-state index in [1.165, 1.54) is 31.2 Å². The molecule has 2 rings (SSSR count). The van der Waals surface area contributed by atoms with Gasteiger partial charge in [0, 0.05) is 11.6 Å². The van der Waals surface area contributed by atoms with E-state index < -0.39 is 0 Å². The second kappa shape index (κ2) is 6.03. The fourth-order valence-electron chi connectivity index (χ4n) is 2.82. The van der Waals surface area contributed by atoms with E-state index in [0.717, 1.165) is 18.1 Å². The predicted molar refractivity (Wildman–Crippen MR) is 69.6 cm³/mol. The van der Waals surface area contributed by atoms with Crippen LogP contribution in [-0.4, -0.2) is 7.11 Å². The van der Waals surface area contributed by atoms with Crippen LogP contribution in [-0.2, 0) is 0 Å². The standard InChI is InChI=1S/C14H22N2O/c1-17-14-9-5-4-8-12(14)13(16-15)10-11-6-2-3-7-11/h4-5,8-9,11,13,16H,2-3,6-7,10,15H2,1H3. The first-order valence-electron chi connectivity index (χ1n) is 6.44. The molecule has 1 aliphatic rings. The van der Waals surface area contributed by atoms with E-state index in [4.69, 9.17) is 10.6 Å². The van der Waals surface area contributed by atoms with Crippen LogP contribution in [0.2, 0.25) is 0 Å². The van der Waals surface area contributed by atoms with Crippen LogP contribution < -0.4 is 16.0 Å². The molecule has 0 aromatic heterocycles. The molecule has 1 atom stereocenters. The molecule has 0 aliphatic heterocycles. The lowest BCUT2D eigenvalue weighted by atomic mass is 9.93. The summed E-state index contributed by atoms with van der Waals surface area (Å²) in [6.45, 7) is 0. The molecule has 1 aliphatic carbocycles. The van der Waals surface area contributed by atoms with Crippen molar-refractivity contribution >= 4 is 0 Å². The molecule has 94 valence electrons. The van der Waals surface area contributed by atoms with E-state index in [-0.39, 0.29) is 6.04 Å². The van der Waals surface area contributed by atoms with Crippen molar-refractivity contribution in [2.75, 3.05) is 7.11 Å². The Kier molecular flexibility index (Phi) is 4.40. The molecule has 0 amide bonds. The Morgan fingerprint density at radius 1 is 1.35 bits per heavy atom. The van der Waals surface area contributed by atoms with Crippen LogP contribution in [0.5, 0.6) is 5.75 Å². The van der Waals surface area contributed by atoms with Crippen molar-refractivity contribution in [2.45, 2.75) is 38.1 Å². The Bertz CT molecular complexity index is 348. The van der Waals surface area contributed by atoms with Gasteiger partial charge in [-0.15, -0.1) is 0 Å². The fourth-order valence-corrected chi connectivity index (χ4v) is 2.82. The van der Waals surface area contributed by atoms with Crippen LogP contribution in [0.3, 0.4) is 0 Å². The number of nitrogens with two attached hydrogens (primary N) is 1. The fraction of sp³-hybridized carbons (Fsp3) is 0.571.